The van der Waals surface area contributed by atoms with Gasteiger partial charge < -0.3 is 9.73 Å². The minimum absolute atomic E-state index is 0.676. The van der Waals surface area contributed by atoms with E-state index in [1.54, 1.807) is 17.6 Å². The summed E-state index contributed by atoms with van der Waals surface area (Å²) in [6, 6.07) is 2.00. The minimum Gasteiger partial charge on any atom is -0.444 e. The predicted octanol–water partition coefficient (Wildman–Crippen LogP) is 4.43. The zero-order chi connectivity index (χ0) is 12.3. The smallest absolute Gasteiger partial charge is 0.236 e. The second-order valence-electron chi connectivity index (χ2n) is 3.55. The van der Waals surface area contributed by atoms with Gasteiger partial charge in [-0.1, -0.05) is 6.92 Å². The van der Waals surface area contributed by atoms with Crippen LogP contribution in [0.3, 0.4) is 0 Å². The molecule has 2 heterocycles. The van der Waals surface area contributed by atoms with Crippen LogP contribution in [0.5, 0.6) is 0 Å². The molecule has 1 N–H and O–H groups in total. The fraction of sp³-hybridized carbons (Fsp3) is 0.364. The van der Waals surface area contributed by atoms with Crippen molar-refractivity contribution in [3.05, 3.63) is 26.3 Å². The zero-order valence-corrected chi connectivity index (χ0v) is 13.3. The molecular weight excluding hydrogens is 368 g/mol. The quantitative estimate of drug-likeness (QED) is 0.781. The molecule has 6 heteroatoms. The number of hydrogen-bond acceptors (Lipinski definition) is 4. The molecule has 0 saturated heterocycles. The lowest BCUT2D eigenvalue weighted by Gasteiger charge is -1.96. The van der Waals surface area contributed by atoms with E-state index < -0.39 is 0 Å². The van der Waals surface area contributed by atoms with E-state index in [0.717, 1.165) is 38.3 Å². The van der Waals surface area contributed by atoms with E-state index in [1.165, 1.54) is 0 Å². The molecule has 0 spiro atoms. The fourth-order valence-corrected chi connectivity index (χ4v) is 3.31. The molecule has 92 valence electrons. The summed E-state index contributed by atoms with van der Waals surface area (Å²) in [6.07, 6.45) is 2.83. The summed E-state index contributed by atoms with van der Waals surface area (Å²) >= 11 is 8.52. The van der Waals surface area contributed by atoms with Gasteiger partial charge in [0.1, 0.15) is 6.26 Å². The highest BCUT2D eigenvalue weighted by Crippen LogP contribution is 2.37. The first kappa shape index (κ1) is 13.3. The third-order valence-electron chi connectivity index (χ3n) is 2.14. The Balaban J connectivity index is 2.07. The van der Waals surface area contributed by atoms with E-state index in [1.807, 2.05) is 6.07 Å². The Morgan fingerprint density at radius 2 is 2.29 bits per heavy atom. The molecule has 0 radical (unpaired) electrons. The molecular formula is C11H12Br2N2OS. The first-order valence-electron chi connectivity index (χ1n) is 5.31. The van der Waals surface area contributed by atoms with Crippen LogP contribution in [-0.2, 0) is 6.54 Å². The van der Waals surface area contributed by atoms with Crippen LogP contribution in [0.2, 0.25) is 0 Å². The van der Waals surface area contributed by atoms with Gasteiger partial charge in [-0.2, -0.15) is 0 Å². The molecule has 17 heavy (non-hydrogen) atoms. The van der Waals surface area contributed by atoms with Crippen LogP contribution in [0.25, 0.3) is 10.8 Å². The number of nitrogens with one attached hydrogen (secondary N) is 1. The van der Waals surface area contributed by atoms with Crippen molar-refractivity contribution in [3.63, 3.8) is 0 Å². The second-order valence-corrected chi connectivity index (χ2v) is 6.78. The van der Waals surface area contributed by atoms with E-state index in [9.17, 15) is 0 Å². The summed E-state index contributed by atoms with van der Waals surface area (Å²) in [4.78, 5) is 5.47. The summed E-state index contributed by atoms with van der Waals surface area (Å²) in [5, 5.41) is 3.30. The Hall–Kier alpha value is -0.170. The van der Waals surface area contributed by atoms with Gasteiger partial charge in [-0.3, -0.25) is 0 Å². The molecule has 0 unspecified atom stereocenters. The van der Waals surface area contributed by atoms with Crippen molar-refractivity contribution in [1.82, 2.24) is 10.3 Å². The van der Waals surface area contributed by atoms with Crippen molar-refractivity contribution in [2.24, 2.45) is 0 Å². The Bertz CT molecular complexity index is 476. The van der Waals surface area contributed by atoms with Crippen LogP contribution in [0.1, 0.15) is 19.0 Å². The molecule has 3 nitrogen and oxygen atoms in total. The lowest BCUT2D eigenvalue weighted by atomic mass is 10.4. The number of halogens is 2. The number of thiophene rings is 1. The van der Waals surface area contributed by atoms with Gasteiger partial charge in [0.2, 0.25) is 5.89 Å². The summed E-state index contributed by atoms with van der Waals surface area (Å²) in [6.45, 7) is 3.89. The van der Waals surface area contributed by atoms with Gasteiger partial charge in [0, 0.05) is 11.0 Å². The molecule has 0 bridgehead atoms. The number of aromatic nitrogens is 1. The number of rotatable bonds is 5. The Morgan fingerprint density at radius 1 is 1.47 bits per heavy atom. The van der Waals surface area contributed by atoms with Gasteiger partial charge >= 0.3 is 0 Å². The van der Waals surface area contributed by atoms with Gasteiger partial charge in [0.05, 0.1) is 14.4 Å². The van der Waals surface area contributed by atoms with E-state index in [0.29, 0.717) is 5.89 Å². The average molecular weight is 380 g/mol. The maximum Gasteiger partial charge on any atom is 0.236 e. The molecule has 0 amide bonds. The number of oxazole rings is 1. The predicted molar refractivity (Wildman–Crippen MR) is 77.2 cm³/mol. The highest BCUT2D eigenvalue weighted by Gasteiger charge is 2.11. The van der Waals surface area contributed by atoms with Crippen molar-refractivity contribution in [2.75, 3.05) is 6.54 Å². The molecule has 0 atom stereocenters. The average Bonchev–Trinajstić information content (AvgIpc) is 2.88. The molecule has 0 aliphatic carbocycles. The first-order valence-corrected chi connectivity index (χ1v) is 7.71. The first-order chi connectivity index (χ1) is 8.20. The Kier molecular flexibility index (Phi) is 4.78. The van der Waals surface area contributed by atoms with Crippen molar-refractivity contribution in [3.8, 4) is 10.8 Å². The monoisotopic (exact) mass is 378 g/mol. The summed E-state index contributed by atoms with van der Waals surface area (Å²) < 4.78 is 7.55. The largest absolute Gasteiger partial charge is 0.444 e. The Morgan fingerprint density at radius 3 is 2.94 bits per heavy atom. The molecule has 2 aromatic heterocycles. The minimum atomic E-state index is 0.676. The second kappa shape index (κ2) is 6.13. The number of nitrogens with zero attached hydrogens (tertiary/aromatic N) is 1. The van der Waals surface area contributed by atoms with Crippen molar-refractivity contribution in [1.29, 1.82) is 0 Å². The van der Waals surface area contributed by atoms with Crippen LogP contribution < -0.4 is 5.32 Å². The SMILES string of the molecule is CCCNCc1coc(-c2cc(Br)c(Br)s2)n1. The molecule has 0 fully saturated rings. The van der Waals surface area contributed by atoms with Gasteiger partial charge in [-0.05, 0) is 50.9 Å². The van der Waals surface area contributed by atoms with Crippen LogP contribution in [0, 0.1) is 0 Å². The van der Waals surface area contributed by atoms with Crippen molar-refractivity contribution < 1.29 is 4.42 Å². The van der Waals surface area contributed by atoms with Gasteiger partial charge in [-0.15, -0.1) is 11.3 Å². The van der Waals surface area contributed by atoms with Crippen LogP contribution in [-0.4, -0.2) is 11.5 Å². The van der Waals surface area contributed by atoms with Crippen LogP contribution >= 0.6 is 43.2 Å². The highest BCUT2D eigenvalue weighted by molar-refractivity contribution is 9.13. The standard InChI is InChI=1S/C11H12Br2N2OS/c1-2-3-14-5-7-6-16-11(15-7)9-4-8(12)10(13)17-9/h4,6,14H,2-3,5H2,1H3. The summed E-state index contributed by atoms with van der Waals surface area (Å²) in [5.41, 5.74) is 0.939. The lowest BCUT2D eigenvalue weighted by molar-refractivity contribution is 0.571. The van der Waals surface area contributed by atoms with Crippen LogP contribution in [0.4, 0.5) is 0 Å². The van der Waals surface area contributed by atoms with E-state index in [-0.39, 0.29) is 0 Å². The van der Waals surface area contributed by atoms with Crippen molar-refractivity contribution in [2.45, 2.75) is 19.9 Å². The van der Waals surface area contributed by atoms with Gasteiger partial charge in [0.15, 0.2) is 0 Å². The third-order valence-corrected chi connectivity index (χ3v) is 5.38. The molecule has 2 aromatic rings. The summed E-state index contributed by atoms with van der Waals surface area (Å²) in [5.74, 6) is 0.676. The maximum atomic E-state index is 5.47. The normalized spacial score (nSPS) is 11.0. The maximum absolute atomic E-state index is 5.47. The van der Waals surface area contributed by atoms with E-state index in [4.69, 9.17) is 4.42 Å². The number of hydrogen-bond donors (Lipinski definition) is 1. The zero-order valence-electron chi connectivity index (χ0n) is 9.30. The molecule has 0 aliphatic rings. The third kappa shape index (κ3) is 3.40. The Labute approximate surface area is 121 Å². The van der Waals surface area contributed by atoms with E-state index in [2.05, 4.69) is 49.1 Å². The summed E-state index contributed by atoms with van der Waals surface area (Å²) in [7, 11) is 0. The topological polar surface area (TPSA) is 38.1 Å². The highest BCUT2D eigenvalue weighted by atomic mass is 79.9. The lowest BCUT2D eigenvalue weighted by Crippen LogP contribution is -2.13. The van der Waals surface area contributed by atoms with Crippen LogP contribution in [0.15, 0.2) is 25.0 Å². The van der Waals surface area contributed by atoms with Gasteiger partial charge in [-0.25, -0.2) is 4.98 Å². The fourth-order valence-electron chi connectivity index (χ4n) is 1.35. The molecule has 2 rings (SSSR count). The molecule has 0 saturated carbocycles. The van der Waals surface area contributed by atoms with Gasteiger partial charge in [0.25, 0.3) is 0 Å². The molecule has 0 aromatic carbocycles. The van der Waals surface area contributed by atoms with Crippen molar-refractivity contribution >= 4 is 43.2 Å². The van der Waals surface area contributed by atoms with E-state index >= 15 is 0 Å². The molecule has 0 aliphatic heterocycles.